The molecule has 0 amide bonds. The Morgan fingerprint density at radius 3 is 2.62 bits per heavy atom. The summed E-state index contributed by atoms with van der Waals surface area (Å²) < 4.78 is 17.9. The number of hydrogen-bond acceptors (Lipinski definition) is 2. The van der Waals surface area contributed by atoms with Crippen molar-refractivity contribution in [2.75, 3.05) is 0 Å². The molecule has 86 valence electrons. The van der Waals surface area contributed by atoms with E-state index >= 15 is 0 Å². The number of rotatable bonds is 3. The summed E-state index contributed by atoms with van der Waals surface area (Å²) in [6.45, 7) is 2.03. The highest BCUT2D eigenvalue weighted by Gasteiger charge is 2.47. The third-order valence-electron chi connectivity index (χ3n) is 3.05. The molecule has 1 fully saturated rings. The molecule has 2 nitrogen and oxygen atoms in total. The summed E-state index contributed by atoms with van der Waals surface area (Å²) in [7, 11) is 0. The van der Waals surface area contributed by atoms with Crippen LogP contribution in [0, 0.1) is 5.41 Å². The number of ether oxygens (including phenoxy) is 1. The van der Waals surface area contributed by atoms with Gasteiger partial charge in [0.2, 0.25) is 0 Å². The second kappa shape index (κ2) is 4.24. The van der Waals surface area contributed by atoms with E-state index in [1.807, 2.05) is 30.3 Å². The fourth-order valence-electron chi connectivity index (χ4n) is 1.98. The molecular formula is C13H15FO2. The van der Waals surface area contributed by atoms with Gasteiger partial charge in [0.1, 0.15) is 12.8 Å². The second-order valence-corrected chi connectivity index (χ2v) is 4.63. The zero-order valence-corrected chi connectivity index (χ0v) is 9.28. The monoisotopic (exact) mass is 222 g/mol. The van der Waals surface area contributed by atoms with E-state index in [4.69, 9.17) is 4.74 Å². The van der Waals surface area contributed by atoms with Gasteiger partial charge in [-0.1, -0.05) is 30.3 Å². The average molecular weight is 222 g/mol. The summed E-state index contributed by atoms with van der Waals surface area (Å²) in [6, 6.07) is 9.49. The van der Waals surface area contributed by atoms with Crippen molar-refractivity contribution < 1.29 is 13.9 Å². The highest BCUT2D eigenvalue weighted by Crippen LogP contribution is 2.43. The minimum absolute atomic E-state index is 0.270. The van der Waals surface area contributed by atoms with Crippen LogP contribution in [0.4, 0.5) is 4.39 Å². The van der Waals surface area contributed by atoms with Gasteiger partial charge >= 0.3 is 5.97 Å². The molecule has 0 unspecified atom stereocenters. The molecule has 0 heterocycles. The number of benzene rings is 1. The van der Waals surface area contributed by atoms with Crippen LogP contribution in [0.3, 0.4) is 0 Å². The Kier molecular flexibility index (Phi) is 2.95. The number of carbonyl (C=O) groups excluding carboxylic acids is 1. The van der Waals surface area contributed by atoms with E-state index < -0.39 is 11.6 Å². The first-order valence-electron chi connectivity index (χ1n) is 5.45. The summed E-state index contributed by atoms with van der Waals surface area (Å²) in [5, 5.41) is 0. The van der Waals surface area contributed by atoms with Crippen molar-refractivity contribution in [3.63, 3.8) is 0 Å². The minimum atomic E-state index is -0.839. The quantitative estimate of drug-likeness (QED) is 0.735. The molecule has 1 aromatic carbocycles. The molecule has 1 aliphatic carbocycles. The molecule has 0 spiro atoms. The fraction of sp³-hybridized carbons (Fsp3) is 0.462. The Bertz CT molecular complexity index is 369. The molecule has 0 aliphatic heterocycles. The average Bonchev–Trinajstić information content (AvgIpc) is 2.25. The highest BCUT2D eigenvalue weighted by atomic mass is 19.1. The maximum absolute atomic E-state index is 12.7. The van der Waals surface area contributed by atoms with E-state index in [9.17, 15) is 9.18 Å². The van der Waals surface area contributed by atoms with Gasteiger partial charge in [0, 0.05) is 0 Å². The van der Waals surface area contributed by atoms with Crippen LogP contribution in [0.1, 0.15) is 25.3 Å². The molecule has 0 bridgehead atoms. The van der Waals surface area contributed by atoms with Crippen LogP contribution >= 0.6 is 0 Å². The van der Waals surface area contributed by atoms with Gasteiger partial charge in [0.05, 0.1) is 5.41 Å². The Labute approximate surface area is 94.4 Å². The van der Waals surface area contributed by atoms with Gasteiger partial charge in [-0.2, -0.15) is 0 Å². The van der Waals surface area contributed by atoms with Crippen LogP contribution in [0.2, 0.25) is 0 Å². The van der Waals surface area contributed by atoms with Gasteiger partial charge in [-0.3, -0.25) is 4.79 Å². The van der Waals surface area contributed by atoms with Crippen LogP contribution < -0.4 is 0 Å². The van der Waals surface area contributed by atoms with Gasteiger partial charge in [-0.25, -0.2) is 4.39 Å². The van der Waals surface area contributed by atoms with Crippen LogP contribution in [-0.2, 0) is 16.1 Å². The molecule has 0 aromatic heterocycles. The number of alkyl halides is 1. The molecular weight excluding hydrogens is 207 g/mol. The molecule has 3 heteroatoms. The van der Waals surface area contributed by atoms with Crippen molar-refractivity contribution in [1.82, 2.24) is 0 Å². The maximum Gasteiger partial charge on any atom is 0.312 e. The summed E-state index contributed by atoms with van der Waals surface area (Å²) in [4.78, 5) is 11.7. The van der Waals surface area contributed by atoms with Gasteiger partial charge < -0.3 is 4.74 Å². The Morgan fingerprint density at radius 1 is 1.44 bits per heavy atom. The summed E-state index contributed by atoms with van der Waals surface area (Å²) in [5.41, 5.74) is 0.351. The van der Waals surface area contributed by atoms with Gasteiger partial charge in [0.15, 0.2) is 0 Å². The van der Waals surface area contributed by atoms with E-state index in [2.05, 4.69) is 0 Å². The van der Waals surface area contributed by atoms with Crippen molar-refractivity contribution in [2.45, 2.75) is 32.5 Å². The topological polar surface area (TPSA) is 26.3 Å². The fourth-order valence-corrected chi connectivity index (χ4v) is 1.98. The maximum atomic E-state index is 12.7. The lowest BCUT2D eigenvalue weighted by molar-refractivity contribution is -0.165. The van der Waals surface area contributed by atoms with E-state index in [0.29, 0.717) is 12.8 Å². The van der Waals surface area contributed by atoms with E-state index in [1.54, 1.807) is 6.92 Å². The third-order valence-corrected chi connectivity index (χ3v) is 3.05. The van der Waals surface area contributed by atoms with Gasteiger partial charge in [-0.05, 0) is 25.3 Å². The predicted molar refractivity (Wildman–Crippen MR) is 58.5 cm³/mol. The van der Waals surface area contributed by atoms with Crippen molar-refractivity contribution in [2.24, 2.45) is 5.41 Å². The minimum Gasteiger partial charge on any atom is -0.460 e. The van der Waals surface area contributed by atoms with Gasteiger partial charge in [-0.15, -0.1) is 0 Å². The van der Waals surface area contributed by atoms with Crippen molar-refractivity contribution in [1.29, 1.82) is 0 Å². The van der Waals surface area contributed by atoms with Crippen LogP contribution in [0.15, 0.2) is 30.3 Å². The van der Waals surface area contributed by atoms with Crippen molar-refractivity contribution in [3.05, 3.63) is 35.9 Å². The van der Waals surface area contributed by atoms with Gasteiger partial charge in [0.25, 0.3) is 0 Å². The highest BCUT2D eigenvalue weighted by molar-refractivity contribution is 5.77. The number of halogens is 1. The zero-order chi connectivity index (χ0) is 11.6. The van der Waals surface area contributed by atoms with Crippen LogP contribution in [0.25, 0.3) is 0 Å². The first kappa shape index (κ1) is 11.1. The van der Waals surface area contributed by atoms with Crippen LogP contribution in [0.5, 0.6) is 0 Å². The van der Waals surface area contributed by atoms with E-state index in [1.165, 1.54) is 0 Å². The Morgan fingerprint density at radius 2 is 2.06 bits per heavy atom. The molecule has 1 aromatic rings. The molecule has 0 radical (unpaired) electrons. The molecule has 2 rings (SSSR count). The van der Waals surface area contributed by atoms with Crippen molar-refractivity contribution in [3.8, 4) is 0 Å². The Hall–Kier alpha value is -1.38. The molecule has 0 atom stereocenters. The molecule has 0 saturated heterocycles. The number of carbonyl (C=O) groups is 1. The predicted octanol–water partition coefficient (Wildman–Crippen LogP) is 2.87. The lowest BCUT2D eigenvalue weighted by Crippen LogP contribution is -2.43. The zero-order valence-electron chi connectivity index (χ0n) is 9.28. The summed E-state index contributed by atoms with van der Waals surface area (Å²) >= 11 is 0. The SMILES string of the molecule is C[C@]1(C(=O)OCc2ccccc2)C[C@H](F)C1. The lowest BCUT2D eigenvalue weighted by atomic mass is 9.69. The first-order valence-corrected chi connectivity index (χ1v) is 5.45. The van der Waals surface area contributed by atoms with E-state index in [0.717, 1.165) is 5.56 Å². The molecule has 0 N–H and O–H groups in total. The normalized spacial score (nSPS) is 28.2. The standard InChI is InChI=1S/C13H15FO2/c1-13(7-11(14)8-13)12(15)16-9-10-5-3-2-4-6-10/h2-6,11H,7-9H2,1H3/t11-,13-. The van der Waals surface area contributed by atoms with Crippen molar-refractivity contribution >= 4 is 5.97 Å². The third kappa shape index (κ3) is 2.23. The second-order valence-electron chi connectivity index (χ2n) is 4.63. The number of hydrogen-bond donors (Lipinski definition) is 0. The number of esters is 1. The summed E-state index contributed by atoms with van der Waals surface area (Å²) in [6.07, 6.45) is -0.254. The van der Waals surface area contributed by atoms with E-state index in [-0.39, 0.29) is 12.6 Å². The smallest absolute Gasteiger partial charge is 0.312 e. The lowest BCUT2D eigenvalue weighted by Gasteiger charge is -2.38. The largest absolute Gasteiger partial charge is 0.460 e. The molecule has 16 heavy (non-hydrogen) atoms. The molecule has 1 aliphatic rings. The summed E-state index contributed by atoms with van der Waals surface area (Å²) in [5.74, 6) is -0.287. The molecule has 1 saturated carbocycles. The first-order chi connectivity index (χ1) is 7.60. The van der Waals surface area contributed by atoms with Crippen LogP contribution in [-0.4, -0.2) is 12.1 Å². The Balaban J connectivity index is 1.85.